The Morgan fingerprint density at radius 1 is 1.50 bits per heavy atom. The standard InChI is InChI=1S/C9H12N2O/c1-6-2-3-7(5-9(11)12)8(10)4-6/h2-4H,5,10H2,1H3,(H2,11,12). The van der Waals surface area contributed by atoms with Crippen molar-refractivity contribution in [2.45, 2.75) is 13.3 Å². The van der Waals surface area contributed by atoms with Gasteiger partial charge in [-0.25, -0.2) is 0 Å². The summed E-state index contributed by atoms with van der Waals surface area (Å²) in [5.74, 6) is -0.356. The first-order valence-corrected chi connectivity index (χ1v) is 3.73. The third kappa shape index (κ3) is 1.99. The van der Waals surface area contributed by atoms with Gasteiger partial charge in [-0.2, -0.15) is 0 Å². The van der Waals surface area contributed by atoms with Crippen molar-refractivity contribution >= 4 is 11.6 Å². The number of amides is 1. The van der Waals surface area contributed by atoms with Gasteiger partial charge in [0.25, 0.3) is 0 Å². The molecule has 1 aromatic rings. The third-order valence-corrected chi connectivity index (χ3v) is 1.67. The molecule has 0 radical (unpaired) electrons. The van der Waals surface area contributed by atoms with E-state index in [9.17, 15) is 4.79 Å². The fraction of sp³-hybridized carbons (Fsp3) is 0.222. The maximum absolute atomic E-state index is 10.6. The Hall–Kier alpha value is -1.51. The van der Waals surface area contributed by atoms with Gasteiger partial charge in [-0.3, -0.25) is 4.79 Å². The van der Waals surface area contributed by atoms with Crippen LogP contribution in [0.15, 0.2) is 18.2 Å². The molecule has 0 fully saturated rings. The van der Waals surface area contributed by atoms with Gasteiger partial charge in [-0.15, -0.1) is 0 Å². The van der Waals surface area contributed by atoms with Crippen LogP contribution in [-0.4, -0.2) is 5.91 Å². The first-order chi connectivity index (χ1) is 5.59. The molecule has 0 atom stereocenters. The van der Waals surface area contributed by atoms with Crippen molar-refractivity contribution in [1.82, 2.24) is 0 Å². The lowest BCUT2D eigenvalue weighted by Gasteiger charge is -2.03. The summed E-state index contributed by atoms with van der Waals surface area (Å²) in [6.45, 7) is 1.95. The molecular formula is C9H12N2O. The van der Waals surface area contributed by atoms with E-state index < -0.39 is 0 Å². The van der Waals surface area contributed by atoms with Crippen LogP contribution in [0.4, 0.5) is 5.69 Å². The number of nitrogens with two attached hydrogens (primary N) is 2. The average Bonchev–Trinajstić information content (AvgIpc) is 1.94. The Balaban J connectivity index is 2.93. The summed E-state index contributed by atoms with van der Waals surface area (Å²) in [4.78, 5) is 10.6. The highest BCUT2D eigenvalue weighted by molar-refractivity contribution is 5.78. The second kappa shape index (κ2) is 3.26. The summed E-state index contributed by atoms with van der Waals surface area (Å²) in [5, 5.41) is 0. The molecule has 1 rings (SSSR count). The maximum Gasteiger partial charge on any atom is 0.221 e. The van der Waals surface area contributed by atoms with Crippen molar-refractivity contribution in [3.63, 3.8) is 0 Å². The molecule has 0 heterocycles. The Bertz CT molecular complexity index is 307. The molecule has 64 valence electrons. The van der Waals surface area contributed by atoms with Gasteiger partial charge in [-0.05, 0) is 24.1 Å². The molecule has 0 saturated heterocycles. The Kier molecular flexibility index (Phi) is 2.33. The highest BCUT2D eigenvalue weighted by atomic mass is 16.1. The molecule has 1 aromatic carbocycles. The molecule has 4 N–H and O–H groups in total. The summed E-state index contributed by atoms with van der Waals surface area (Å²) in [7, 11) is 0. The van der Waals surface area contributed by atoms with E-state index in [1.54, 1.807) is 0 Å². The molecule has 1 amide bonds. The van der Waals surface area contributed by atoms with Crippen LogP contribution in [0.25, 0.3) is 0 Å². The van der Waals surface area contributed by atoms with Gasteiger partial charge in [0.1, 0.15) is 0 Å². The van der Waals surface area contributed by atoms with E-state index >= 15 is 0 Å². The average molecular weight is 164 g/mol. The number of carbonyl (C=O) groups is 1. The smallest absolute Gasteiger partial charge is 0.221 e. The molecule has 0 bridgehead atoms. The van der Waals surface area contributed by atoms with Crippen LogP contribution in [0.5, 0.6) is 0 Å². The summed E-state index contributed by atoms with van der Waals surface area (Å²) in [6, 6.07) is 5.57. The third-order valence-electron chi connectivity index (χ3n) is 1.67. The molecular weight excluding hydrogens is 152 g/mol. The van der Waals surface area contributed by atoms with Gasteiger partial charge in [0, 0.05) is 5.69 Å². The topological polar surface area (TPSA) is 69.1 Å². The molecule has 12 heavy (non-hydrogen) atoms. The van der Waals surface area contributed by atoms with Crippen LogP contribution < -0.4 is 11.5 Å². The lowest BCUT2D eigenvalue weighted by Crippen LogP contribution is -2.14. The molecule has 0 aliphatic rings. The molecule has 0 aliphatic heterocycles. The SMILES string of the molecule is Cc1ccc(CC(N)=O)c(N)c1. The summed E-state index contributed by atoms with van der Waals surface area (Å²) < 4.78 is 0. The highest BCUT2D eigenvalue weighted by Crippen LogP contribution is 2.13. The molecule has 3 nitrogen and oxygen atoms in total. The van der Waals surface area contributed by atoms with Crippen molar-refractivity contribution in [3.8, 4) is 0 Å². The van der Waals surface area contributed by atoms with Gasteiger partial charge in [0.2, 0.25) is 5.91 Å². The number of primary amides is 1. The number of carbonyl (C=O) groups excluding carboxylic acids is 1. The number of benzene rings is 1. The minimum Gasteiger partial charge on any atom is -0.398 e. The van der Waals surface area contributed by atoms with Crippen molar-refractivity contribution in [3.05, 3.63) is 29.3 Å². The van der Waals surface area contributed by atoms with E-state index in [-0.39, 0.29) is 12.3 Å². The van der Waals surface area contributed by atoms with Crippen molar-refractivity contribution < 1.29 is 4.79 Å². The van der Waals surface area contributed by atoms with Crippen LogP contribution in [0.3, 0.4) is 0 Å². The van der Waals surface area contributed by atoms with E-state index in [0.29, 0.717) is 5.69 Å². The predicted octanol–water partition coefficient (Wildman–Crippen LogP) is 0.605. The zero-order valence-electron chi connectivity index (χ0n) is 7.00. The monoisotopic (exact) mass is 164 g/mol. The van der Waals surface area contributed by atoms with Gasteiger partial charge >= 0.3 is 0 Å². The number of hydrogen-bond acceptors (Lipinski definition) is 2. The fourth-order valence-corrected chi connectivity index (χ4v) is 1.06. The van der Waals surface area contributed by atoms with E-state index in [0.717, 1.165) is 11.1 Å². The van der Waals surface area contributed by atoms with Crippen LogP contribution in [0.2, 0.25) is 0 Å². The number of anilines is 1. The van der Waals surface area contributed by atoms with Gasteiger partial charge in [-0.1, -0.05) is 12.1 Å². The summed E-state index contributed by atoms with van der Waals surface area (Å²) >= 11 is 0. The van der Waals surface area contributed by atoms with Crippen LogP contribution in [0.1, 0.15) is 11.1 Å². The van der Waals surface area contributed by atoms with Crippen LogP contribution >= 0.6 is 0 Å². The molecule has 0 saturated carbocycles. The predicted molar refractivity (Wildman–Crippen MR) is 48.5 cm³/mol. The van der Waals surface area contributed by atoms with Gasteiger partial charge in [0.05, 0.1) is 6.42 Å². The van der Waals surface area contributed by atoms with Gasteiger partial charge in [0.15, 0.2) is 0 Å². The lowest BCUT2D eigenvalue weighted by molar-refractivity contribution is -0.117. The van der Waals surface area contributed by atoms with E-state index in [1.165, 1.54) is 0 Å². The lowest BCUT2D eigenvalue weighted by atomic mass is 10.1. The number of aryl methyl sites for hydroxylation is 1. The molecule has 0 aliphatic carbocycles. The van der Waals surface area contributed by atoms with E-state index in [2.05, 4.69) is 0 Å². The Morgan fingerprint density at radius 2 is 2.17 bits per heavy atom. The molecule has 3 heteroatoms. The zero-order chi connectivity index (χ0) is 9.14. The number of nitrogen functional groups attached to an aromatic ring is 1. The van der Waals surface area contributed by atoms with E-state index in [1.807, 2.05) is 25.1 Å². The Morgan fingerprint density at radius 3 is 2.67 bits per heavy atom. The van der Waals surface area contributed by atoms with Crippen molar-refractivity contribution in [1.29, 1.82) is 0 Å². The van der Waals surface area contributed by atoms with Crippen molar-refractivity contribution in [2.75, 3.05) is 5.73 Å². The van der Waals surface area contributed by atoms with Crippen LogP contribution in [0, 0.1) is 6.92 Å². The Labute approximate surface area is 71.4 Å². The zero-order valence-corrected chi connectivity index (χ0v) is 7.00. The van der Waals surface area contributed by atoms with Crippen LogP contribution in [-0.2, 0) is 11.2 Å². The second-order valence-corrected chi connectivity index (χ2v) is 2.85. The normalized spacial score (nSPS) is 9.75. The second-order valence-electron chi connectivity index (χ2n) is 2.85. The van der Waals surface area contributed by atoms with Crippen molar-refractivity contribution in [2.24, 2.45) is 5.73 Å². The maximum atomic E-state index is 10.6. The minimum absolute atomic E-state index is 0.214. The molecule has 0 unspecified atom stereocenters. The van der Waals surface area contributed by atoms with Gasteiger partial charge < -0.3 is 11.5 Å². The fourth-order valence-electron chi connectivity index (χ4n) is 1.06. The highest BCUT2D eigenvalue weighted by Gasteiger charge is 2.01. The first-order valence-electron chi connectivity index (χ1n) is 3.73. The number of hydrogen-bond donors (Lipinski definition) is 2. The molecule has 0 aromatic heterocycles. The quantitative estimate of drug-likeness (QED) is 0.628. The summed E-state index contributed by atoms with van der Waals surface area (Å²) in [5.41, 5.74) is 13.2. The minimum atomic E-state index is -0.356. The number of rotatable bonds is 2. The largest absolute Gasteiger partial charge is 0.398 e. The molecule has 0 spiro atoms. The summed E-state index contributed by atoms with van der Waals surface area (Å²) in [6.07, 6.45) is 0.214. The first kappa shape index (κ1) is 8.59. The van der Waals surface area contributed by atoms with E-state index in [4.69, 9.17) is 11.5 Å².